The Balaban J connectivity index is 2.03. The highest BCUT2D eigenvalue weighted by Gasteiger charge is 2.31. The van der Waals surface area contributed by atoms with Crippen LogP contribution in [-0.2, 0) is 0 Å². The van der Waals surface area contributed by atoms with E-state index in [1.165, 1.54) is 12.1 Å². The van der Waals surface area contributed by atoms with E-state index in [0.717, 1.165) is 31.6 Å². The van der Waals surface area contributed by atoms with Gasteiger partial charge in [-0.3, -0.25) is 4.79 Å². The summed E-state index contributed by atoms with van der Waals surface area (Å²) >= 11 is 0. The fraction of sp³-hybridized carbons (Fsp3) is 0.462. The van der Waals surface area contributed by atoms with Crippen LogP contribution in [0.2, 0.25) is 0 Å². The molecular formula is C13H15F3N2O2. The molecule has 20 heavy (non-hydrogen) atoms. The molecular weight excluding hydrogens is 273 g/mol. The minimum absolute atomic E-state index is 0.174. The number of benzene rings is 1. The Bertz CT molecular complexity index is 452. The first-order valence-electron chi connectivity index (χ1n) is 6.31. The Morgan fingerprint density at radius 3 is 2.50 bits per heavy atom. The lowest BCUT2D eigenvalue weighted by Crippen LogP contribution is -2.34. The quantitative estimate of drug-likeness (QED) is 0.905. The highest BCUT2D eigenvalue weighted by atomic mass is 19.4. The summed E-state index contributed by atoms with van der Waals surface area (Å²) in [5.74, 6) is -0.501. The molecule has 1 N–H and O–H groups in total. The van der Waals surface area contributed by atoms with E-state index in [1.54, 1.807) is 4.90 Å². The highest BCUT2D eigenvalue weighted by Crippen LogP contribution is 2.23. The predicted octanol–water partition coefficient (Wildman–Crippen LogP) is 2.02. The van der Waals surface area contributed by atoms with Gasteiger partial charge >= 0.3 is 6.36 Å². The number of alkyl halides is 3. The van der Waals surface area contributed by atoms with E-state index >= 15 is 0 Å². The summed E-state index contributed by atoms with van der Waals surface area (Å²) in [7, 11) is 0. The van der Waals surface area contributed by atoms with E-state index in [-0.39, 0.29) is 11.7 Å². The molecule has 0 unspecified atom stereocenters. The number of nitrogens with zero attached hydrogens (tertiary/aromatic N) is 1. The van der Waals surface area contributed by atoms with Crippen molar-refractivity contribution in [1.29, 1.82) is 0 Å². The molecule has 1 fully saturated rings. The SMILES string of the molecule is O=C(c1ccc(OC(F)(F)F)cc1)N1CCCNCC1. The summed E-state index contributed by atoms with van der Waals surface area (Å²) in [5, 5.41) is 3.18. The minimum Gasteiger partial charge on any atom is -0.406 e. The maximum atomic E-state index is 12.2. The molecule has 1 saturated heterocycles. The first-order chi connectivity index (χ1) is 9.46. The van der Waals surface area contributed by atoms with E-state index in [1.807, 2.05) is 0 Å². The van der Waals surface area contributed by atoms with E-state index < -0.39 is 6.36 Å². The summed E-state index contributed by atoms with van der Waals surface area (Å²) in [6.45, 7) is 2.83. The molecule has 1 amide bonds. The van der Waals surface area contributed by atoms with Crippen LogP contribution in [0.5, 0.6) is 5.75 Å². The normalized spacial score (nSPS) is 16.6. The number of hydrogen-bond acceptors (Lipinski definition) is 3. The number of carbonyl (C=O) groups is 1. The average molecular weight is 288 g/mol. The Hall–Kier alpha value is -1.76. The van der Waals surface area contributed by atoms with E-state index in [9.17, 15) is 18.0 Å². The number of ether oxygens (including phenoxy) is 1. The largest absolute Gasteiger partial charge is 0.573 e. The lowest BCUT2D eigenvalue weighted by molar-refractivity contribution is -0.274. The number of amides is 1. The standard InChI is InChI=1S/C13H15F3N2O2/c14-13(15,16)20-11-4-2-10(3-5-11)12(19)18-8-1-6-17-7-9-18/h2-5,17H,1,6-9H2. The molecule has 1 aliphatic heterocycles. The first-order valence-corrected chi connectivity index (χ1v) is 6.31. The molecule has 0 spiro atoms. The predicted molar refractivity (Wildman–Crippen MR) is 66.5 cm³/mol. The molecule has 0 atom stereocenters. The Kier molecular flexibility index (Phi) is 4.49. The first kappa shape index (κ1) is 14.6. The van der Waals surface area contributed by atoms with Crippen LogP contribution < -0.4 is 10.1 Å². The lowest BCUT2D eigenvalue weighted by Gasteiger charge is -2.20. The maximum absolute atomic E-state index is 12.2. The van der Waals surface area contributed by atoms with Gasteiger partial charge in [0.25, 0.3) is 5.91 Å². The van der Waals surface area contributed by atoms with Gasteiger partial charge in [-0.25, -0.2) is 0 Å². The fourth-order valence-corrected chi connectivity index (χ4v) is 2.03. The van der Waals surface area contributed by atoms with Crippen LogP contribution in [-0.4, -0.2) is 43.3 Å². The molecule has 0 saturated carbocycles. The van der Waals surface area contributed by atoms with Gasteiger partial charge in [-0.2, -0.15) is 0 Å². The van der Waals surface area contributed by atoms with Gasteiger partial charge in [0, 0.05) is 25.2 Å². The van der Waals surface area contributed by atoms with Gasteiger partial charge in [-0.1, -0.05) is 0 Å². The van der Waals surface area contributed by atoms with E-state index in [4.69, 9.17) is 0 Å². The number of halogens is 3. The maximum Gasteiger partial charge on any atom is 0.573 e. The Morgan fingerprint density at radius 2 is 1.85 bits per heavy atom. The molecule has 0 aromatic heterocycles. The molecule has 110 valence electrons. The lowest BCUT2D eigenvalue weighted by atomic mass is 10.2. The molecule has 0 radical (unpaired) electrons. The van der Waals surface area contributed by atoms with Crippen molar-refractivity contribution >= 4 is 5.91 Å². The molecule has 1 aromatic carbocycles. The van der Waals surface area contributed by atoms with Gasteiger partial charge in [-0.15, -0.1) is 13.2 Å². The van der Waals surface area contributed by atoms with Crippen molar-refractivity contribution in [2.75, 3.05) is 26.2 Å². The van der Waals surface area contributed by atoms with Crippen LogP contribution in [0.25, 0.3) is 0 Å². The van der Waals surface area contributed by atoms with Gasteiger partial charge in [-0.05, 0) is 37.2 Å². The molecule has 1 heterocycles. The third-order valence-electron chi connectivity index (χ3n) is 2.96. The molecule has 1 aromatic rings. The monoisotopic (exact) mass is 288 g/mol. The van der Waals surface area contributed by atoms with Crippen LogP contribution in [0.1, 0.15) is 16.8 Å². The van der Waals surface area contributed by atoms with Crippen LogP contribution in [0.3, 0.4) is 0 Å². The Morgan fingerprint density at radius 1 is 1.15 bits per heavy atom. The zero-order valence-corrected chi connectivity index (χ0v) is 10.7. The second-order valence-electron chi connectivity index (χ2n) is 4.47. The number of nitrogens with one attached hydrogen (secondary N) is 1. The zero-order chi connectivity index (χ0) is 14.6. The van der Waals surface area contributed by atoms with Crippen molar-refractivity contribution in [3.8, 4) is 5.75 Å². The van der Waals surface area contributed by atoms with Crippen molar-refractivity contribution in [2.45, 2.75) is 12.8 Å². The third kappa shape index (κ3) is 4.12. The fourth-order valence-electron chi connectivity index (χ4n) is 2.03. The number of carbonyl (C=O) groups excluding carboxylic acids is 1. The van der Waals surface area contributed by atoms with Gasteiger partial charge in [0.15, 0.2) is 0 Å². The molecule has 7 heteroatoms. The molecule has 2 rings (SSSR count). The zero-order valence-electron chi connectivity index (χ0n) is 10.7. The Labute approximate surface area is 114 Å². The van der Waals surface area contributed by atoms with Crippen molar-refractivity contribution in [3.63, 3.8) is 0 Å². The summed E-state index contributed by atoms with van der Waals surface area (Å²) < 4.78 is 39.9. The van der Waals surface area contributed by atoms with Crippen LogP contribution in [0, 0.1) is 0 Å². The summed E-state index contributed by atoms with van der Waals surface area (Å²) in [6.07, 6.45) is -3.86. The molecule has 4 nitrogen and oxygen atoms in total. The second kappa shape index (κ2) is 6.13. The van der Waals surface area contributed by atoms with Crippen molar-refractivity contribution in [1.82, 2.24) is 10.2 Å². The van der Waals surface area contributed by atoms with Crippen molar-refractivity contribution in [3.05, 3.63) is 29.8 Å². The van der Waals surface area contributed by atoms with Gasteiger partial charge in [0.1, 0.15) is 5.75 Å². The van der Waals surface area contributed by atoms with Gasteiger partial charge in [0.05, 0.1) is 0 Å². The smallest absolute Gasteiger partial charge is 0.406 e. The molecule has 1 aliphatic rings. The van der Waals surface area contributed by atoms with Gasteiger partial charge in [0.2, 0.25) is 0 Å². The topological polar surface area (TPSA) is 41.6 Å². The van der Waals surface area contributed by atoms with E-state index in [2.05, 4.69) is 10.1 Å². The van der Waals surface area contributed by atoms with Gasteiger partial charge < -0.3 is 15.0 Å². The van der Waals surface area contributed by atoms with Crippen molar-refractivity contribution in [2.24, 2.45) is 0 Å². The van der Waals surface area contributed by atoms with Crippen LogP contribution >= 0.6 is 0 Å². The van der Waals surface area contributed by atoms with Crippen molar-refractivity contribution < 1.29 is 22.7 Å². The minimum atomic E-state index is -4.72. The average Bonchev–Trinajstić information content (AvgIpc) is 2.66. The second-order valence-corrected chi connectivity index (χ2v) is 4.47. The highest BCUT2D eigenvalue weighted by molar-refractivity contribution is 5.94. The number of rotatable bonds is 2. The third-order valence-corrected chi connectivity index (χ3v) is 2.96. The molecule has 0 aliphatic carbocycles. The van der Waals surface area contributed by atoms with E-state index in [0.29, 0.717) is 18.7 Å². The summed E-state index contributed by atoms with van der Waals surface area (Å²) in [6, 6.07) is 5.00. The summed E-state index contributed by atoms with van der Waals surface area (Å²) in [5.41, 5.74) is 0.362. The molecule has 0 bridgehead atoms. The van der Waals surface area contributed by atoms with Crippen LogP contribution in [0.15, 0.2) is 24.3 Å². The number of hydrogen-bond donors (Lipinski definition) is 1. The summed E-state index contributed by atoms with van der Waals surface area (Å²) in [4.78, 5) is 13.9. The van der Waals surface area contributed by atoms with Crippen LogP contribution in [0.4, 0.5) is 13.2 Å².